The first-order valence-electron chi connectivity index (χ1n) is 8.67. The van der Waals surface area contributed by atoms with Gasteiger partial charge in [-0.3, -0.25) is 4.18 Å². The lowest BCUT2D eigenvalue weighted by molar-refractivity contribution is -0.279. The highest BCUT2D eigenvalue weighted by molar-refractivity contribution is 7.86. The molecule has 1 aliphatic heterocycles. The SMILES string of the molecule is Cc1ccc(S(=O)(=O)OCCC(F)(F)C(C)(C)OC2CCCCO2)cc1. The molecule has 2 rings (SSSR count). The normalized spacial score (nSPS) is 19.5. The fourth-order valence-corrected chi connectivity index (χ4v) is 3.48. The summed E-state index contributed by atoms with van der Waals surface area (Å²) in [4.78, 5) is -0.0578. The monoisotopic (exact) mass is 392 g/mol. The maximum absolute atomic E-state index is 14.5. The van der Waals surface area contributed by atoms with Gasteiger partial charge in [0.05, 0.1) is 11.5 Å². The number of alkyl halides is 2. The first kappa shape index (κ1) is 21.2. The fraction of sp³-hybridized carbons (Fsp3) is 0.667. The van der Waals surface area contributed by atoms with Gasteiger partial charge in [0, 0.05) is 13.0 Å². The second kappa shape index (κ2) is 8.29. The van der Waals surface area contributed by atoms with Gasteiger partial charge in [-0.2, -0.15) is 8.42 Å². The molecular weight excluding hydrogens is 366 g/mol. The predicted octanol–water partition coefficient (Wildman–Crippen LogP) is 4.05. The molecule has 1 saturated heterocycles. The Balaban J connectivity index is 1.92. The van der Waals surface area contributed by atoms with Crippen LogP contribution in [0.1, 0.15) is 45.1 Å². The highest BCUT2D eigenvalue weighted by Gasteiger charge is 2.49. The Kier molecular flexibility index (Phi) is 6.76. The van der Waals surface area contributed by atoms with E-state index >= 15 is 0 Å². The number of hydrogen-bond acceptors (Lipinski definition) is 5. The van der Waals surface area contributed by atoms with Crippen molar-refractivity contribution in [3.05, 3.63) is 29.8 Å². The molecule has 1 aromatic carbocycles. The molecule has 1 aliphatic rings. The Hall–Kier alpha value is -1.09. The van der Waals surface area contributed by atoms with Gasteiger partial charge in [-0.1, -0.05) is 17.7 Å². The van der Waals surface area contributed by atoms with Gasteiger partial charge < -0.3 is 9.47 Å². The molecule has 0 radical (unpaired) electrons. The van der Waals surface area contributed by atoms with Gasteiger partial charge in [0.1, 0.15) is 5.60 Å². The first-order chi connectivity index (χ1) is 12.0. The fourth-order valence-electron chi connectivity index (χ4n) is 2.57. The van der Waals surface area contributed by atoms with E-state index < -0.39 is 41.0 Å². The third-order valence-electron chi connectivity index (χ3n) is 4.41. The lowest BCUT2D eigenvalue weighted by Crippen LogP contribution is -2.49. The Morgan fingerprint density at radius 1 is 1.19 bits per heavy atom. The molecule has 8 heteroatoms. The van der Waals surface area contributed by atoms with Crippen LogP contribution >= 0.6 is 0 Å². The number of benzene rings is 1. The van der Waals surface area contributed by atoms with E-state index in [1.807, 2.05) is 6.92 Å². The smallest absolute Gasteiger partial charge is 0.296 e. The van der Waals surface area contributed by atoms with Crippen LogP contribution in [0.2, 0.25) is 0 Å². The summed E-state index contributed by atoms with van der Waals surface area (Å²) in [6.45, 7) is 4.22. The average Bonchev–Trinajstić information content (AvgIpc) is 2.55. The standard InChI is InChI=1S/C18H26F2O5S/c1-14-7-9-15(10-8-14)26(21,22)24-13-11-18(19,20)17(2,3)25-16-6-4-5-12-23-16/h7-10,16H,4-6,11-13H2,1-3H3. The van der Waals surface area contributed by atoms with Gasteiger partial charge in [0.2, 0.25) is 0 Å². The van der Waals surface area contributed by atoms with E-state index in [0.29, 0.717) is 13.0 Å². The summed E-state index contributed by atoms with van der Waals surface area (Å²) in [7, 11) is -4.07. The molecule has 1 aromatic rings. The van der Waals surface area contributed by atoms with Gasteiger partial charge >= 0.3 is 0 Å². The largest absolute Gasteiger partial charge is 0.353 e. The second-order valence-electron chi connectivity index (χ2n) is 6.97. The molecule has 1 atom stereocenters. The molecule has 1 fully saturated rings. The number of halogens is 2. The zero-order valence-corrected chi connectivity index (χ0v) is 16.2. The van der Waals surface area contributed by atoms with Crippen LogP contribution in [0.25, 0.3) is 0 Å². The third kappa shape index (κ3) is 5.45. The van der Waals surface area contributed by atoms with Gasteiger partial charge in [-0.15, -0.1) is 0 Å². The van der Waals surface area contributed by atoms with Gasteiger partial charge in [0.15, 0.2) is 6.29 Å². The summed E-state index contributed by atoms with van der Waals surface area (Å²) >= 11 is 0. The van der Waals surface area contributed by atoms with Crippen molar-refractivity contribution in [2.75, 3.05) is 13.2 Å². The molecule has 0 amide bonds. The molecule has 0 aromatic heterocycles. The van der Waals surface area contributed by atoms with E-state index in [0.717, 1.165) is 18.4 Å². The van der Waals surface area contributed by atoms with Crippen molar-refractivity contribution in [2.24, 2.45) is 0 Å². The summed E-state index contributed by atoms with van der Waals surface area (Å²) < 4.78 is 68.8. The third-order valence-corrected chi connectivity index (χ3v) is 5.74. The lowest BCUT2D eigenvalue weighted by atomic mass is 9.97. The second-order valence-corrected chi connectivity index (χ2v) is 8.58. The molecule has 148 valence electrons. The summed E-state index contributed by atoms with van der Waals surface area (Å²) in [6.07, 6.45) is 0.878. The van der Waals surface area contributed by atoms with Crippen molar-refractivity contribution in [3.63, 3.8) is 0 Å². The number of ether oxygens (including phenoxy) is 2. The number of aryl methyl sites for hydroxylation is 1. The van der Waals surface area contributed by atoms with E-state index in [9.17, 15) is 17.2 Å². The van der Waals surface area contributed by atoms with Crippen molar-refractivity contribution in [1.29, 1.82) is 0 Å². The Bertz CT molecular complexity index is 680. The minimum atomic E-state index is -4.07. The van der Waals surface area contributed by atoms with Crippen LogP contribution < -0.4 is 0 Å². The molecular formula is C18H26F2O5S. The molecule has 0 saturated carbocycles. The minimum Gasteiger partial charge on any atom is -0.353 e. The van der Waals surface area contributed by atoms with Crippen LogP contribution in [-0.2, 0) is 23.8 Å². The maximum atomic E-state index is 14.5. The van der Waals surface area contributed by atoms with Crippen LogP contribution in [0.5, 0.6) is 0 Å². The summed E-state index contributed by atoms with van der Waals surface area (Å²) in [6, 6.07) is 6.00. The molecule has 5 nitrogen and oxygen atoms in total. The van der Waals surface area contributed by atoms with Crippen molar-refractivity contribution in [2.45, 2.75) is 69.2 Å². The van der Waals surface area contributed by atoms with E-state index in [4.69, 9.17) is 13.7 Å². The van der Waals surface area contributed by atoms with Crippen LogP contribution in [0, 0.1) is 6.92 Å². The lowest BCUT2D eigenvalue weighted by Gasteiger charge is -2.38. The first-order valence-corrected chi connectivity index (χ1v) is 10.1. The van der Waals surface area contributed by atoms with Crippen LogP contribution in [0.15, 0.2) is 29.2 Å². The van der Waals surface area contributed by atoms with E-state index in [2.05, 4.69) is 0 Å². The Morgan fingerprint density at radius 2 is 1.85 bits per heavy atom. The zero-order chi connectivity index (χ0) is 19.4. The van der Waals surface area contributed by atoms with Crippen molar-refractivity contribution in [3.8, 4) is 0 Å². The zero-order valence-electron chi connectivity index (χ0n) is 15.3. The van der Waals surface area contributed by atoms with Crippen molar-refractivity contribution >= 4 is 10.1 Å². The Morgan fingerprint density at radius 3 is 2.42 bits per heavy atom. The summed E-state index contributed by atoms with van der Waals surface area (Å²) in [5, 5.41) is 0. The van der Waals surface area contributed by atoms with Gasteiger partial charge in [-0.25, -0.2) is 8.78 Å². The average molecular weight is 392 g/mol. The van der Waals surface area contributed by atoms with E-state index in [1.165, 1.54) is 26.0 Å². The van der Waals surface area contributed by atoms with Gasteiger partial charge in [-0.05, 0) is 52.2 Å². The molecule has 0 bridgehead atoms. The molecule has 0 aliphatic carbocycles. The van der Waals surface area contributed by atoms with Crippen molar-refractivity contribution < 1.29 is 30.9 Å². The number of hydrogen-bond donors (Lipinski definition) is 0. The predicted molar refractivity (Wildman–Crippen MR) is 92.6 cm³/mol. The van der Waals surface area contributed by atoms with Crippen molar-refractivity contribution in [1.82, 2.24) is 0 Å². The molecule has 26 heavy (non-hydrogen) atoms. The quantitative estimate of drug-likeness (QED) is 0.625. The highest BCUT2D eigenvalue weighted by atomic mass is 32.2. The van der Waals surface area contributed by atoms with E-state index in [1.54, 1.807) is 12.1 Å². The van der Waals surface area contributed by atoms with Crippen LogP contribution in [0.3, 0.4) is 0 Å². The summed E-state index contributed by atoms with van der Waals surface area (Å²) in [5.41, 5.74) is -0.911. The molecule has 1 unspecified atom stereocenters. The van der Waals surface area contributed by atoms with Gasteiger partial charge in [0.25, 0.3) is 16.0 Å². The topological polar surface area (TPSA) is 61.8 Å². The summed E-state index contributed by atoms with van der Waals surface area (Å²) in [5.74, 6) is -3.28. The molecule has 0 N–H and O–H groups in total. The minimum absolute atomic E-state index is 0.0578. The maximum Gasteiger partial charge on any atom is 0.296 e. The van der Waals surface area contributed by atoms with Crippen LogP contribution in [0.4, 0.5) is 8.78 Å². The van der Waals surface area contributed by atoms with E-state index in [-0.39, 0.29) is 4.90 Å². The van der Waals surface area contributed by atoms with Crippen LogP contribution in [-0.4, -0.2) is 39.4 Å². The number of rotatable bonds is 8. The Labute approximate surface area is 153 Å². The molecule has 0 spiro atoms. The highest BCUT2D eigenvalue weighted by Crippen LogP contribution is 2.37. The molecule has 1 heterocycles.